The zero-order chi connectivity index (χ0) is 41.6. The van der Waals surface area contributed by atoms with E-state index in [0.29, 0.717) is 0 Å². The predicted octanol–water partition coefficient (Wildman–Crippen LogP) is 17.9. The van der Waals surface area contributed by atoms with Crippen molar-refractivity contribution in [1.82, 2.24) is 0 Å². The highest BCUT2D eigenvalue weighted by molar-refractivity contribution is 7.26. The van der Waals surface area contributed by atoms with Crippen LogP contribution in [0.25, 0.3) is 130 Å². The topological polar surface area (TPSA) is 13.1 Å². The van der Waals surface area contributed by atoms with Crippen molar-refractivity contribution in [2.75, 3.05) is 0 Å². The third kappa shape index (κ3) is 4.93. The fourth-order valence-electron chi connectivity index (χ4n) is 11.2. The second kappa shape index (κ2) is 12.8. The van der Waals surface area contributed by atoms with Gasteiger partial charge in [0.1, 0.15) is 11.2 Å². The summed E-state index contributed by atoms with van der Waals surface area (Å²) in [7, 11) is 0. The summed E-state index contributed by atoms with van der Waals surface area (Å²) < 4.78 is 9.33. The molecule has 0 bridgehead atoms. The molecule has 0 radical (unpaired) electrons. The SMILES string of the molecule is CC1(C)c2ccc(-c3c4ccccc4c(-c4ccc5ccccc5c4)c4ccccc34)cc2-c2ccc(-c3ccc4oc5c(ccc6c5ccc5sc7ccccc7c56)c4c3)cc21. The zero-order valence-electron chi connectivity index (χ0n) is 34.8. The number of furan rings is 1. The summed E-state index contributed by atoms with van der Waals surface area (Å²) in [6.07, 6.45) is 0. The predicted molar refractivity (Wildman–Crippen MR) is 271 cm³/mol. The van der Waals surface area contributed by atoms with E-state index in [1.807, 2.05) is 11.3 Å². The molecule has 0 atom stereocenters. The van der Waals surface area contributed by atoms with Crippen LogP contribution in [0, 0.1) is 0 Å². The lowest BCUT2D eigenvalue weighted by Gasteiger charge is -2.22. The molecule has 2 heterocycles. The number of fused-ring (bicyclic) bond motifs is 15. The molecule has 0 aliphatic heterocycles. The van der Waals surface area contributed by atoms with Crippen molar-refractivity contribution in [1.29, 1.82) is 0 Å². The van der Waals surface area contributed by atoms with Gasteiger partial charge in [-0.15, -0.1) is 11.3 Å². The van der Waals surface area contributed by atoms with E-state index in [2.05, 4.69) is 208 Å². The average molecular weight is 819 g/mol. The number of thiophene rings is 1. The van der Waals surface area contributed by atoms with Gasteiger partial charge in [0.15, 0.2) is 0 Å². The molecule has 2 heteroatoms. The van der Waals surface area contributed by atoms with Crippen LogP contribution in [0.3, 0.4) is 0 Å². The molecule has 0 unspecified atom stereocenters. The minimum absolute atomic E-state index is 0.161. The summed E-state index contributed by atoms with van der Waals surface area (Å²) in [5.74, 6) is 0. The van der Waals surface area contributed by atoms with Crippen LogP contribution in [0.4, 0.5) is 0 Å². The van der Waals surface area contributed by atoms with Gasteiger partial charge in [0.25, 0.3) is 0 Å². The van der Waals surface area contributed by atoms with Crippen molar-refractivity contribution >= 4 is 96.5 Å². The Labute approximate surface area is 368 Å². The third-order valence-electron chi connectivity index (χ3n) is 14.2. The van der Waals surface area contributed by atoms with E-state index in [-0.39, 0.29) is 5.41 Å². The average Bonchev–Trinajstić information content (AvgIpc) is 3.97. The fraction of sp³-hybridized carbons (Fsp3) is 0.0492. The van der Waals surface area contributed by atoms with Gasteiger partial charge in [-0.3, -0.25) is 0 Å². The molecule has 14 rings (SSSR count). The molecule has 0 saturated heterocycles. The molecule has 294 valence electrons. The van der Waals surface area contributed by atoms with E-state index < -0.39 is 0 Å². The maximum absolute atomic E-state index is 6.69. The molecule has 11 aromatic carbocycles. The summed E-state index contributed by atoms with van der Waals surface area (Å²) in [5, 5.41) is 15.0. The number of hydrogen-bond donors (Lipinski definition) is 0. The van der Waals surface area contributed by atoms with Crippen LogP contribution in [0.5, 0.6) is 0 Å². The smallest absolute Gasteiger partial charge is 0.143 e. The Morgan fingerprint density at radius 2 is 0.952 bits per heavy atom. The van der Waals surface area contributed by atoms with E-state index in [9.17, 15) is 0 Å². The largest absolute Gasteiger partial charge is 0.455 e. The van der Waals surface area contributed by atoms with Gasteiger partial charge in [-0.25, -0.2) is 0 Å². The van der Waals surface area contributed by atoms with Crippen LogP contribution in [0.2, 0.25) is 0 Å². The molecule has 2 aromatic heterocycles. The van der Waals surface area contributed by atoms with Gasteiger partial charge in [-0.05, 0) is 148 Å². The molecular formula is C61H38OS. The number of rotatable bonds is 3. The summed E-state index contributed by atoms with van der Waals surface area (Å²) in [5.41, 5.74) is 14.6. The molecule has 0 amide bonds. The standard InChI is InChI=1S/C61H38OS/c1-61(2)52-28-22-40(58-44-15-7-5-13-42(44)57(43-14-6-8-16-45(43)58)39-20-19-35-11-3-4-12-36(35)31-39)33-50(52)41-24-21-38(34-53(41)61)37-23-29-54-51(32-37)48-26-25-46-47(60(48)62-54)27-30-56-59(46)49-17-9-10-18-55(49)63-56/h3-34H,1-2H3. The van der Waals surface area contributed by atoms with Gasteiger partial charge >= 0.3 is 0 Å². The van der Waals surface area contributed by atoms with E-state index >= 15 is 0 Å². The summed E-state index contributed by atoms with van der Waals surface area (Å²) >= 11 is 1.86. The van der Waals surface area contributed by atoms with Crippen molar-refractivity contribution in [2.24, 2.45) is 0 Å². The first-order valence-electron chi connectivity index (χ1n) is 21.9. The molecule has 63 heavy (non-hydrogen) atoms. The van der Waals surface area contributed by atoms with Gasteiger partial charge in [0, 0.05) is 41.7 Å². The normalized spacial score (nSPS) is 13.4. The maximum atomic E-state index is 6.69. The zero-order valence-corrected chi connectivity index (χ0v) is 35.6. The Bertz CT molecular complexity index is 4060. The van der Waals surface area contributed by atoms with E-state index in [1.54, 1.807) is 0 Å². The second-order valence-electron chi connectivity index (χ2n) is 17.9. The van der Waals surface area contributed by atoms with E-state index in [1.165, 1.54) is 119 Å². The van der Waals surface area contributed by atoms with E-state index in [4.69, 9.17) is 4.42 Å². The van der Waals surface area contributed by atoms with Crippen LogP contribution in [-0.2, 0) is 5.41 Å². The summed E-state index contributed by atoms with van der Waals surface area (Å²) in [4.78, 5) is 0. The highest BCUT2D eigenvalue weighted by atomic mass is 32.1. The van der Waals surface area contributed by atoms with Gasteiger partial charge in [0.2, 0.25) is 0 Å². The molecule has 1 nitrogen and oxygen atoms in total. The quantitative estimate of drug-likeness (QED) is 0.162. The molecular weight excluding hydrogens is 781 g/mol. The second-order valence-corrected chi connectivity index (χ2v) is 19.0. The molecule has 13 aromatic rings. The minimum Gasteiger partial charge on any atom is -0.455 e. The van der Waals surface area contributed by atoms with Crippen molar-refractivity contribution in [3.8, 4) is 44.5 Å². The van der Waals surface area contributed by atoms with Crippen LogP contribution in [0.1, 0.15) is 25.0 Å². The van der Waals surface area contributed by atoms with Crippen LogP contribution in [-0.4, -0.2) is 0 Å². The lowest BCUT2D eigenvalue weighted by atomic mass is 9.81. The lowest BCUT2D eigenvalue weighted by molar-refractivity contribution is 0.660. The van der Waals surface area contributed by atoms with Gasteiger partial charge in [-0.2, -0.15) is 0 Å². The maximum Gasteiger partial charge on any atom is 0.143 e. The van der Waals surface area contributed by atoms with E-state index in [0.717, 1.165) is 21.9 Å². The first-order chi connectivity index (χ1) is 31.0. The molecule has 0 saturated carbocycles. The van der Waals surface area contributed by atoms with Crippen molar-refractivity contribution < 1.29 is 4.42 Å². The minimum atomic E-state index is -0.161. The Morgan fingerprint density at radius 3 is 1.73 bits per heavy atom. The van der Waals surface area contributed by atoms with Crippen LogP contribution in [0.15, 0.2) is 199 Å². The molecule has 0 N–H and O–H groups in total. The first kappa shape index (κ1) is 35.1. The van der Waals surface area contributed by atoms with Gasteiger partial charge in [-0.1, -0.05) is 153 Å². The Hall–Kier alpha value is -7.52. The van der Waals surface area contributed by atoms with Crippen molar-refractivity contribution in [3.05, 3.63) is 205 Å². The third-order valence-corrected chi connectivity index (χ3v) is 15.4. The molecule has 1 aliphatic rings. The van der Waals surface area contributed by atoms with Crippen LogP contribution < -0.4 is 0 Å². The summed E-state index contributed by atoms with van der Waals surface area (Å²) in [6.45, 7) is 4.77. The Morgan fingerprint density at radius 1 is 0.365 bits per heavy atom. The Kier molecular flexibility index (Phi) is 7.12. The van der Waals surface area contributed by atoms with Gasteiger partial charge in [0.05, 0.1) is 0 Å². The number of benzene rings is 11. The fourth-order valence-corrected chi connectivity index (χ4v) is 12.3. The Balaban J connectivity index is 0.893. The van der Waals surface area contributed by atoms with Crippen LogP contribution >= 0.6 is 11.3 Å². The van der Waals surface area contributed by atoms with Crippen molar-refractivity contribution in [3.63, 3.8) is 0 Å². The molecule has 0 fully saturated rings. The lowest BCUT2D eigenvalue weighted by Crippen LogP contribution is -2.15. The highest BCUT2D eigenvalue weighted by Gasteiger charge is 2.36. The van der Waals surface area contributed by atoms with Crippen molar-refractivity contribution in [2.45, 2.75) is 19.3 Å². The molecule has 1 aliphatic carbocycles. The number of hydrogen-bond acceptors (Lipinski definition) is 2. The van der Waals surface area contributed by atoms with Gasteiger partial charge < -0.3 is 4.42 Å². The molecule has 0 spiro atoms. The highest BCUT2D eigenvalue weighted by Crippen LogP contribution is 2.53. The first-order valence-corrected chi connectivity index (χ1v) is 22.7. The summed E-state index contributed by atoms with van der Waals surface area (Å²) in [6, 6.07) is 72.4. The monoisotopic (exact) mass is 818 g/mol.